The van der Waals surface area contributed by atoms with Gasteiger partial charge in [0.25, 0.3) is 0 Å². The Morgan fingerprint density at radius 1 is 1.52 bits per heavy atom. The Morgan fingerprint density at radius 2 is 2.29 bits per heavy atom. The number of rotatable bonds is 4. The van der Waals surface area contributed by atoms with Crippen LogP contribution in [0.15, 0.2) is 18.2 Å². The van der Waals surface area contributed by atoms with Crippen LogP contribution in [-0.4, -0.2) is 34.9 Å². The first-order chi connectivity index (χ1) is 10.0. The summed E-state index contributed by atoms with van der Waals surface area (Å²) in [5, 5.41) is 12.3. The van der Waals surface area contributed by atoms with Gasteiger partial charge in [0, 0.05) is 5.56 Å². The largest absolute Gasteiger partial charge is 0.335 e. The molecule has 0 radical (unpaired) electrons. The van der Waals surface area contributed by atoms with Crippen LogP contribution in [0.5, 0.6) is 0 Å². The zero-order valence-electron chi connectivity index (χ0n) is 10.8. The predicted octanol–water partition coefficient (Wildman–Crippen LogP) is 2.21. The van der Waals surface area contributed by atoms with Crippen LogP contribution < -0.4 is 5.32 Å². The molecule has 0 unspecified atom stereocenters. The lowest BCUT2D eigenvalue weighted by molar-refractivity contribution is -0.132. The van der Waals surface area contributed by atoms with E-state index in [9.17, 15) is 14.9 Å². The zero-order valence-corrected chi connectivity index (χ0v) is 13.1. The zero-order chi connectivity index (χ0) is 15.4. The molecule has 1 aromatic rings. The van der Waals surface area contributed by atoms with E-state index in [4.69, 9.17) is 23.2 Å². The minimum atomic E-state index is -0.908. The molecule has 1 aliphatic rings. The second-order valence-electron chi connectivity index (χ2n) is 4.34. The highest BCUT2D eigenvalue weighted by Gasteiger charge is 2.25. The molecule has 1 fully saturated rings. The van der Waals surface area contributed by atoms with Crippen molar-refractivity contribution in [2.24, 2.45) is 0 Å². The Balaban J connectivity index is 2.05. The summed E-state index contributed by atoms with van der Waals surface area (Å²) in [6.07, 6.45) is 0. The normalized spacial score (nSPS) is 15.7. The van der Waals surface area contributed by atoms with Gasteiger partial charge in [-0.15, -0.1) is 11.8 Å². The number of halogens is 2. The molecule has 0 saturated carbocycles. The molecule has 0 bridgehead atoms. The molecule has 1 heterocycles. The number of thioether (sulfide) groups is 1. The second-order valence-corrected chi connectivity index (χ2v) is 6.08. The summed E-state index contributed by atoms with van der Waals surface area (Å²) in [5.74, 6) is 0.383. The second kappa shape index (κ2) is 7.03. The van der Waals surface area contributed by atoms with Crippen LogP contribution in [0.1, 0.15) is 11.6 Å². The van der Waals surface area contributed by atoms with Gasteiger partial charge < -0.3 is 10.2 Å². The van der Waals surface area contributed by atoms with E-state index in [0.717, 1.165) is 0 Å². The number of carbonyl (C=O) groups is 2. The molecule has 2 rings (SSSR count). The quantitative estimate of drug-likeness (QED) is 0.909. The van der Waals surface area contributed by atoms with Crippen LogP contribution in [0.25, 0.3) is 0 Å². The van der Waals surface area contributed by atoms with Gasteiger partial charge in [0.15, 0.2) is 0 Å². The topological polar surface area (TPSA) is 73.2 Å². The molecule has 1 aromatic carbocycles. The molecule has 8 heteroatoms. The standard InChI is InChI=1S/C13H11Cl2N3O2S/c14-9-3-1-2-8(13(9)15)10(4-16)17-11(19)5-18-7-21-6-12(18)20/h1-3,10H,5-7H2,(H,17,19)/t10-/m0/s1. The number of hydrogen-bond donors (Lipinski definition) is 1. The lowest BCUT2D eigenvalue weighted by Gasteiger charge is -2.17. The first-order valence-electron chi connectivity index (χ1n) is 6.01. The fourth-order valence-electron chi connectivity index (χ4n) is 1.84. The minimum Gasteiger partial charge on any atom is -0.335 e. The molecular weight excluding hydrogens is 333 g/mol. The maximum atomic E-state index is 11.9. The summed E-state index contributed by atoms with van der Waals surface area (Å²) in [5.41, 5.74) is 0.433. The first-order valence-corrected chi connectivity index (χ1v) is 7.92. The van der Waals surface area contributed by atoms with E-state index >= 15 is 0 Å². The van der Waals surface area contributed by atoms with Gasteiger partial charge in [0.1, 0.15) is 12.6 Å². The Bertz CT molecular complexity index is 618. The molecule has 1 atom stereocenters. The molecule has 2 amide bonds. The lowest BCUT2D eigenvalue weighted by Crippen LogP contribution is -2.39. The molecule has 110 valence electrons. The first kappa shape index (κ1) is 16.0. The smallest absolute Gasteiger partial charge is 0.240 e. The Labute approximate surface area is 136 Å². The SMILES string of the molecule is N#C[C@H](NC(=O)CN1CSCC1=O)c1cccc(Cl)c1Cl. The number of carbonyl (C=O) groups excluding carboxylic acids is 2. The summed E-state index contributed by atoms with van der Waals surface area (Å²) in [7, 11) is 0. The maximum absolute atomic E-state index is 11.9. The monoisotopic (exact) mass is 343 g/mol. The van der Waals surface area contributed by atoms with Crippen molar-refractivity contribution in [3.8, 4) is 6.07 Å². The van der Waals surface area contributed by atoms with Crippen LogP contribution in [0.4, 0.5) is 0 Å². The van der Waals surface area contributed by atoms with E-state index in [2.05, 4.69) is 5.32 Å². The van der Waals surface area contributed by atoms with Crippen molar-refractivity contribution in [3.63, 3.8) is 0 Å². The summed E-state index contributed by atoms with van der Waals surface area (Å²) in [6, 6.07) is 5.94. The van der Waals surface area contributed by atoms with Gasteiger partial charge in [-0.05, 0) is 6.07 Å². The van der Waals surface area contributed by atoms with Crippen molar-refractivity contribution >= 4 is 46.8 Å². The average molecular weight is 344 g/mol. The van der Waals surface area contributed by atoms with Gasteiger partial charge in [-0.25, -0.2) is 0 Å². The van der Waals surface area contributed by atoms with E-state index in [-0.39, 0.29) is 17.5 Å². The van der Waals surface area contributed by atoms with Crippen molar-refractivity contribution in [1.29, 1.82) is 5.26 Å². The molecule has 0 aromatic heterocycles. The molecule has 0 spiro atoms. The molecular formula is C13H11Cl2N3O2S. The summed E-state index contributed by atoms with van der Waals surface area (Å²) >= 11 is 13.4. The lowest BCUT2D eigenvalue weighted by atomic mass is 10.1. The van der Waals surface area contributed by atoms with E-state index in [1.165, 1.54) is 16.7 Å². The van der Waals surface area contributed by atoms with Crippen LogP contribution >= 0.6 is 35.0 Å². The van der Waals surface area contributed by atoms with Crippen LogP contribution in [0.2, 0.25) is 10.0 Å². The number of nitriles is 1. The van der Waals surface area contributed by atoms with Crippen molar-refractivity contribution in [1.82, 2.24) is 10.2 Å². The van der Waals surface area contributed by atoms with Crippen molar-refractivity contribution in [2.75, 3.05) is 18.2 Å². The number of amides is 2. The van der Waals surface area contributed by atoms with E-state index in [1.54, 1.807) is 18.2 Å². The van der Waals surface area contributed by atoms with Crippen molar-refractivity contribution in [2.45, 2.75) is 6.04 Å². The summed E-state index contributed by atoms with van der Waals surface area (Å²) in [4.78, 5) is 24.8. The van der Waals surface area contributed by atoms with Crippen LogP contribution in [0.3, 0.4) is 0 Å². The van der Waals surface area contributed by atoms with E-state index in [1.807, 2.05) is 6.07 Å². The number of benzene rings is 1. The molecule has 1 saturated heterocycles. The summed E-state index contributed by atoms with van der Waals surface area (Å²) < 4.78 is 0. The van der Waals surface area contributed by atoms with Gasteiger partial charge in [-0.3, -0.25) is 9.59 Å². The number of nitrogens with one attached hydrogen (secondary N) is 1. The Kier molecular flexibility index (Phi) is 5.34. The van der Waals surface area contributed by atoms with Crippen LogP contribution in [0, 0.1) is 11.3 Å². The molecule has 21 heavy (non-hydrogen) atoms. The van der Waals surface area contributed by atoms with Gasteiger partial charge in [0.2, 0.25) is 11.8 Å². The van der Waals surface area contributed by atoms with Gasteiger partial charge >= 0.3 is 0 Å². The molecule has 1 N–H and O–H groups in total. The minimum absolute atomic E-state index is 0.0673. The average Bonchev–Trinajstić information content (AvgIpc) is 2.85. The van der Waals surface area contributed by atoms with E-state index < -0.39 is 11.9 Å². The Hall–Kier alpha value is -1.42. The molecule has 5 nitrogen and oxygen atoms in total. The number of nitrogens with zero attached hydrogens (tertiary/aromatic N) is 2. The highest BCUT2D eigenvalue weighted by molar-refractivity contribution is 8.00. The van der Waals surface area contributed by atoms with Gasteiger partial charge in [0.05, 0.1) is 27.7 Å². The van der Waals surface area contributed by atoms with Crippen LogP contribution in [-0.2, 0) is 9.59 Å². The van der Waals surface area contributed by atoms with Gasteiger partial charge in [-0.1, -0.05) is 35.3 Å². The third kappa shape index (κ3) is 3.82. The maximum Gasteiger partial charge on any atom is 0.240 e. The van der Waals surface area contributed by atoms with Crippen molar-refractivity contribution in [3.05, 3.63) is 33.8 Å². The van der Waals surface area contributed by atoms with Gasteiger partial charge in [-0.2, -0.15) is 5.26 Å². The highest BCUT2D eigenvalue weighted by atomic mass is 35.5. The van der Waals surface area contributed by atoms with E-state index in [0.29, 0.717) is 22.2 Å². The highest BCUT2D eigenvalue weighted by Crippen LogP contribution is 2.29. The van der Waals surface area contributed by atoms with Crippen molar-refractivity contribution < 1.29 is 9.59 Å². The third-order valence-electron chi connectivity index (χ3n) is 2.89. The fourth-order valence-corrected chi connectivity index (χ4v) is 3.16. The molecule has 1 aliphatic heterocycles. The predicted molar refractivity (Wildman–Crippen MR) is 82.0 cm³/mol. The molecule has 0 aliphatic carbocycles. The number of hydrogen-bond acceptors (Lipinski definition) is 4. The summed E-state index contributed by atoms with van der Waals surface area (Å²) in [6.45, 7) is -0.0673. The fraction of sp³-hybridized carbons (Fsp3) is 0.308. The third-order valence-corrected chi connectivity index (χ3v) is 4.67. The Morgan fingerprint density at radius 3 is 2.90 bits per heavy atom.